The number of pyridine rings is 1. The Morgan fingerprint density at radius 3 is 3.12 bits per heavy atom. The molecule has 5 nitrogen and oxygen atoms in total. The first-order valence-electron chi connectivity index (χ1n) is 7.98. The van der Waals surface area contributed by atoms with Crippen molar-refractivity contribution in [3.63, 3.8) is 0 Å². The zero-order chi connectivity index (χ0) is 16.9. The molecule has 0 radical (unpaired) electrons. The van der Waals surface area contributed by atoms with Crippen LogP contribution in [0.15, 0.2) is 29.3 Å². The maximum atomic E-state index is 12.0. The molecule has 1 amide bonds. The van der Waals surface area contributed by atoms with Crippen LogP contribution in [0.5, 0.6) is 0 Å². The maximum absolute atomic E-state index is 12.0. The van der Waals surface area contributed by atoms with Crippen molar-refractivity contribution in [3.8, 4) is 6.07 Å². The summed E-state index contributed by atoms with van der Waals surface area (Å²) in [6, 6.07) is 9.94. The van der Waals surface area contributed by atoms with Crippen LogP contribution in [-0.4, -0.2) is 35.9 Å². The van der Waals surface area contributed by atoms with Gasteiger partial charge in [0.15, 0.2) is 0 Å². The Bertz CT molecular complexity index is 795. The summed E-state index contributed by atoms with van der Waals surface area (Å²) >= 11 is 1.30. The molecule has 24 heavy (non-hydrogen) atoms. The van der Waals surface area contributed by atoms with E-state index in [-0.39, 0.29) is 17.8 Å². The van der Waals surface area contributed by atoms with Crippen LogP contribution in [0.4, 0.5) is 0 Å². The number of hydrogen-bond donors (Lipinski definition) is 1. The normalized spacial score (nSPS) is 16.9. The molecule has 1 aromatic heterocycles. The minimum atomic E-state index is -0.0643. The van der Waals surface area contributed by atoms with Gasteiger partial charge in [-0.25, -0.2) is 4.98 Å². The third kappa shape index (κ3) is 4.05. The van der Waals surface area contributed by atoms with Crippen LogP contribution in [0.1, 0.15) is 24.0 Å². The van der Waals surface area contributed by atoms with Crippen LogP contribution >= 0.6 is 11.8 Å². The molecule has 1 saturated heterocycles. The zero-order valence-corrected chi connectivity index (χ0v) is 14.4. The highest BCUT2D eigenvalue weighted by Gasteiger charge is 2.16. The summed E-state index contributed by atoms with van der Waals surface area (Å²) in [4.78, 5) is 16.5. The molecule has 1 aliphatic heterocycles. The van der Waals surface area contributed by atoms with Crippen molar-refractivity contribution in [3.05, 3.63) is 35.4 Å². The molecular formula is C18H19N3O2S. The molecule has 3 rings (SSSR count). The molecule has 1 aromatic carbocycles. The maximum Gasteiger partial charge on any atom is 0.230 e. The van der Waals surface area contributed by atoms with Gasteiger partial charge < -0.3 is 10.1 Å². The fourth-order valence-corrected chi connectivity index (χ4v) is 3.46. The van der Waals surface area contributed by atoms with Crippen molar-refractivity contribution >= 4 is 28.6 Å². The number of rotatable bonds is 5. The van der Waals surface area contributed by atoms with Crippen LogP contribution in [0.2, 0.25) is 0 Å². The average molecular weight is 341 g/mol. The van der Waals surface area contributed by atoms with Crippen LogP contribution in [0, 0.1) is 18.3 Å². The van der Waals surface area contributed by atoms with Gasteiger partial charge in [-0.3, -0.25) is 4.79 Å². The van der Waals surface area contributed by atoms with E-state index in [4.69, 9.17) is 4.74 Å². The fraction of sp³-hybridized carbons (Fsp3) is 0.389. The number of amides is 1. The van der Waals surface area contributed by atoms with E-state index in [1.807, 2.05) is 31.2 Å². The molecule has 124 valence electrons. The third-order valence-electron chi connectivity index (χ3n) is 3.95. The van der Waals surface area contributed by atoms with Gasteiger partial charge in [-0.05, 0) is 37.5 Å². The average Bonchev–Trinajstić information content (AvgIpc) is 3.10. The fourth-order valence-electron chi connectivity index (χ4n) is 2.67. The number of benzene rings is 1. The van der Waals surface area contributed by atoms with Crippen molar-refractivity contribution in [1.82, 2.24) is 10.3 Å². The Labute approximate surface area is 145 Å². The van der Waals surface area contributed by atoms with Gasteiger partial charge in [0.05, 0.1) is 22.9 Å². The van der Waals surface area contributed by atoms with E-state index in [0.29, 0.717) is 17.1 Å². The molecule has 0 spiro atoms. The van der Waals surface area contributed by atoms with Gasteiger partial charge in [-0.2, -0.15) is 5.26 Å². The number of nitriles is 1. The Hall–Kier alpha value is -2.10. The predicted octanol–water partition coefficient (Wildman–Crippen LogP) is 2.80. The number of thioether (sulfide) groups is 1. The van der Waals surface area contributed by atoms with E-state index in [9.17, 15) is 10.1 Å². The van der Waals surface area contributed by atoms with Crippen molar-refractivity contribution in [2.45, 2.75) is 30.9 Å². The highest BCUT2D eigenvalue weighted by molar-refractivity contribution is 8.00. The summed E-state index contributed by atoms with van der Waals surface area (Å²) in [5, 5.41) is 13.7. The highest BCUT2D eigenvalue weighted by atomic mass is 32.2. The topological polar surface area (TPSA) is 75.0 Å². The number of nitrogens with zero attached hydrogens (tertiary/aromatic N) is 2. The van der Waals surface area contributed by atoms with Crippen molar-refractivity contribution < 1.29 is 9.53 Å². The Balaban J connectivity index is 1.65. The molecule has 0 bridgehead atoms. The largest absolute Gasteiger partial charge is 0.376 e. The van der Waals surface area contributed by atoms with Gasteiger partial charge in [0.1, 0.15) is 11.1 Å². The first-order valence-corrected chi connectivity index (χ1v) is 8.97. The molecule has 2 heterocycles. The summed E-state index contributed by atoms with van der Waals surface area (Å²) in [6.45, 7) is 3.33. The Kier molecular flexibility index (Phi) is 5.34. The van der Waals surface area contributed by atoms with Crippen molar-refractivity contribution in [2.75, 3.05) is 18.9 Å². The zero-order valence-electron chi connectivity index (χ0n) is 13.5. The van der Waals surface area contributed by atoms with Crippen LogP contribution in [-0.2, 0) is 9.53 Å². The minimum Gasteiger partial charge on any atom is -0.376 e. The SMILES string of the molecule is Cc1ccc2cc(C#N)c(SCC(=O)NC[C@H]3CCCO3)nc2c1. The van der Waals surface area contributed by atoms with Crippen LogP contribution < -0.4 is 5.32 Å². The second kappa shape index (κ2) is 7.65. The Morgan fingerprint density at radius 1 is 1.50 bits per heavy atom. The number of carbonyl (C=O) groups is 1. The van der Waals surface area contributed by atoms with Gasteiger partial charge >= 0.3 is 0 Å². The molecule has 1 fully saturated rings. The molecule has 0 aliphatic carbocycles. The van der Waals surface area contributed by atoms with E-state index in [0.717, 1.165) is 35.9 Å². The highest BCUT2D eigenvalue weighted by Crippen LogP contribution is 2.25. The summed E-state index contributed by atoms with van der Waals surface area (Å²) in [7, 11) is 0. The summed E-state index contributed by atoms with van der Waals surface area (Å²) in [5.74, 6) is 0.177. The number of nitrogens with one attached hydrogen (secondary N) is 1. The van der Waals surface area contributed by atoms with Gasteiger partial charge in [-0.1, -0.05) is 23.9 Å². The van der Waals surface area contributed by atoms with Crippen molar-refractivity contribution in [1.29, 1.82) is 5.26 Å². The van der Waals surface area contributed by atoms with E-state index >= 15 is 0 Å². The number of fused-ring (bicyclic) bond motifs is 1. The number of carbonyl (C=O) groups excluding carboxylic acids is 1. The quantitative estimate of drug-likeness (QED) is 0.847. The van der Waals surface area contributed by atoms with E-state index in [1.54, 1.807) is 0 Å². The van der Waals surface area contributed by atoms with Gasteiger partial charge in [-0.15, -0.1) is 0 Å². The first kappa shape index (κ1) is 16.7. The lowest BCUT2D eigenvalue weighted by molar-refractivity contribution is -0.119. The Morgan fingerprint density at radius 2 is 2.38 bits per heavy atom. The third-order valence-corrected chi connectivity index (χ3v) is 4.94. The molecule has 0 unspecified atom stereocenters. The smallest absolute Gasteiger partial charge is 0.230 e. The minimum absolute atomic E-state index is 0.0643. The molecular weight excluding hydrogens is 322 g/mol. The summed E-state index contributed by atoms with van der Waals surface area (Å²) < 4.78 is 5.49. The summed E-state index contributed by atoms with van der Waals surface area (Å²) in [6.07, 6.45) is 2.19. The summed E-state index contributed by atoms with van der Waals surface area (Å²) in [5.41, 5.74) is 2.46. The van der Waals surface area contributed by atoms with E-state index < -0.39 is 0 Å². The number of hydrogen-bond acceptors (Lipinski definition) is 5. The lowest BCUT2D eigenvalue weighted by Crippen LogP contribution is -2.32. The standard InChI is InChI=1S/C18H19N3O2S/c1-12-4-5-13-8-14(9-19)18(21-16(13)7-12)24-11-17(22)20-10-15-3-2-6-23-15/h4-5,7-8,15H,2-3,6,10-11H2,1H3,(H,20,22)/t15-/m1/s1. The van der Waals surface area contributed by atoms with Gasteiger partial charge in [0, 0.05) is 18.5 Å². The van der Waals surface area contributed by atoms with Crippen molar-refractivity contribution in [2.24, 2.45) is 0 Å². The van der Waals surface area contributed by atoms with Gasteiger partial charge in [0.2, 0.25) is 5.91 Å². The molecule has 2 aromatic rings. The molecule has 1 N–H and O–H groups in total. The van der Waals surface area contributed by atoms with Crippen LogP contribution in [0.3, 0.4) is 0 Å². The van der Waals surface area contributed by atoms with E-state index in [2.05, 4.69) is 16.4 Å². The lowest BCUT2D eigenvalue weighted by Gasteiger charge is -2.11. The monoisotopic (exact) mass is 341 g/mol. The van der Waals surface area contributed by atoms with E-state index in [1.165, 1.54) is 11.8 Å². The molecule has 6 heteroatoms. The van der Waals surface area contributed by atoms with Gasteiger partial charge in [0.25, 0.3) is 0 Å². The second-order valence-corrected chi connectivity index (χ2v) is 6.84. The first-order chi connectivity index (χ1) is 11.7. The second-order valence-electron chi connectivity index (χ2n) is 5.88. The lowest BCUT2D eigenvalue weighted by atomic mass is 10.1. The predicted molar refractivity (Wildman–Crippen MR) is 93.9 cm³/mol. The number of ether oxygens (including phenoxy) is 1. The molecule has 0 saturated carbocycles. The molecule has 1 aliphatic rings. The number of aryl methyl sites for hydroxylation is 1. The number of aromatic nitrogens is 1. The van der Waals surface area contributed by atoms with Crippen LogP contribution in [0.25, 0.3) is 10.9 Å². The molecule has 1 atom stereocenters.